The predicted molar refractivity (Wildman–Crippen MR) is 198 cm³/mol. The molecule has 2 aromatic carbocycles. The van der Waals surface area contributed by atoms with Gasteiger partial charge in [0.05, 0.1) is 18.0 Å². The fraction of sp³-hybridized carbons (Fsp3) is 0.512. The van der Waals surface area contributed by atoms with Gasteiger partial charge < -0.3 is 30.6 Å². The van der Waals surface area contributed by atoms with E-state index in [-0.39, 0.29) is 59.6 Å². The van der Waals surface area contributed by atoms with Gasteiger partial charge in [0, 0.05) is 41.3 Å². The van der Waals surface area contributed by atoms with Crippen LogP contribution in [0.5, 0.6) is 0 Å². The summed E-state index contributed by atoms with van der Waals surface area (Å²) in [7, 11) is 0. The number of nitrogens with zero attached hydrogens (tertiary/aromatic N) is 1. The van der Waals surface area contributed by atoms with Gasteiger partial charge in [0.1, 0.15) is 23.6 Å². The molecule has 2 aliphatic heterocycles. The zero-order chi connectivity index (χ0) is 38.9. The number of para-hydroxylation sites is 1. The zero-order valence-corrected chi connectivity index (χ0v) is 31.3. The second-order valence-electron chi connectivity index (χ2n) is 15.1. The summed E-state index contributed by atoms with van der Waals surface area (Å²) in [6, 6.07) is 8.59. The fourth-order valence-electron chi connectivity index (χ4n) is 8.22. The molecule has 4 N–H and O–H groups in total. The van der Waals surface area contributed by atoms with Gasteiger partial charge in [-0.25, -0.2) is 4.39 Å². The van der Waals surface area contributed by atoms with Crippen LogP contribution in [-0.2, 0) is 42.7 Å². The first kappa shape index (κ1) is 39.1. The van der Waals surface area contributed by atoms with Crippen LogP contribution >= 0.6 is 0 Å². The molecule has 6 atom stereocenters. The van der Waals surface area contributed by atoms with Gasteiger partial charge in [0.2, 0.25) is 17.7 Å². The van der Waals surface area contributed by atoms with Gasteiger partial charge in [-0.05, 0) is 61.6 Å². The molecule has 0 bridgehead atoms. The summed E-state index contributed by atoms with van der Waals surface area (Å²) in [4.78, 5) is 61.1. The van der Waals surface area contributed by atoms with E-state index in [9.17, 15) is 23.6 Å². The molecule has 0 saturated carbocycles. The number of allylic oxidation sites excluding steroid dienone is 1. The first-order valence-electron chi connectivity index (χ1n) is 19.0. The highest BCUT2D eigenvalue weighted by molar-refractivity contribution is 6.03. The number of carbonyl (C=O) groups is 4. The molecule has 4 amide bonds. The Hall–Kier alpha value is -4.65. The maximum Gasteiger partial charge on any atom is 0.293 e. The third-order valence-corrected chi connectivity index (χ3v) is 11.8. The SMILES string of the molecule is C=CC(F)(F)c1cccc2c3c([nH]c12)CC[C@]1(NC(=O)[C@@H](NC(=O)Cc2ccccc2F)C(C)CC)C(=O)N([C@H](NC(=O)C2CCOCC2)C(C)CC)C31. The Kier molecular flexibility index (Phi) is 11.3. The van der Waals surface area contributed by atoms with Gasteiger partial charge in [-0.2, -0.15) is 8.78 Å². The van der Waals surface area contributed by atoms with Gasteiger partial charge >= 0.3 is 0 Å². The summed E-state index contributed by atoms with van der Waals surface area (Å²) in [5, 5.41) is 9.49. The molecule has 3 aliphatic rings. The minimum atomic E-state index is -3.35. The smallest absolute Gasteiger partial charge is 0.293 e. The molecule has 54 heavy (non-hydrogen) atoms. The van der Waals surface area contributed by atoms with Crippen LogP contribution in [0.15, 0.2) is 55.1 Å². The highest BCUT2D eigenvalue weighted by Gasteiger charge is 2.67. The van der Waals surface area contributed by atoms with Crippen LogP contribution in [-0.4, -0.2) is 64.5 Å². The Morgan fingerprint density at radius 1 is 1.06 bits per heavy atom. The van der Waals surface area contributed by atoms with Crippen molar-refractivity contribution in [2.24, 2.45) is 17.8 Å². The molecule has 1 aliphatic carbocycles. The summed E-state index contributed by atoms with van der Waals surface area (Å²) in [5.41, 5.74) is -0.140. The lowest BCUT2D eigenvalue weighted by Crippen LogP contribution is -2.81. The van der Waals surface area contributed by atoms with Crippen LogP contribution in [0.2, 0.25) is 0 Å². The minimum absolute atomic E-state index is 0.142. The number of nitrogens with one attached hydrogen (secondary N) is 4. The number of β-lactam (4-membered cyclic amide) rings is 1. The Morgan fingerprint density at radius 2 is 1.76 bits per heavy atom. The van der Waals surface area contributed by atoms with Crippen molar-refractivity contribution in [1.82, 2.24) is 25.8 Å². The number of aromatic nitrogens is 1. The molecule has 6 rings (SSSR count). The molecule has 10 nitrogen and oxygen atoms in total. The van der Waals surface area contributed by atoms with E-state index < -0.39 is 53.2 Å². The van der Waals surface area contributed by atoms with Gasteiger partial charge in [-0.15, -0.1) is 0 Å². The fourth-order valence-corrected chi connectivity index (χ4v) is 8.22. The van der Waals surface area contributed by atoms with Crippen molar-refractivity contribution in [3.8, 4) is 0 Å². The first-order chi connectivity index (χ1) is 25.8. The second-order valence-corrected chi connectivity index (χ2v) is 15.1. The van der Waals surface area contributed by atoms with Crippen molar-refractivity contribution < 1.29 is 37.1 Å². The summed E-state index contributed by atoms with van der Waals surface area (Å²) in [5.74, 6) is -6.51. The Bertz CT molecular complexity index is 1930. The van der Waals surface area contributed by atoms with Crippen LogP contribution in [0.25, 0.3) is 10.9 Å². The van der Waals surface area contributed by atoms with E-state index in [4.69, 9.17) is 4.74 Å². The van der Waals surface area contributed by atoms with Crippen molar-refractivity contribution in [2.45, 2.75) is 102 Å². The summed E-state index contributed by atoms with van der Waals surface area (Å²) < 4.78 is 50.4. The molecule has 1 aromatic heterocycles. The van der Waals surface area contributed by atoms with E-state index in [1.807, 2.05) is 27.7 Å². The number of H-pyrrole nitrogens is 1. The Morgan fingerprint density at radius 3 is 2.43 bits per heavy atom. The lowest BCUT2D eigenvalue weighted by Gasteiger charge is -2.61. The maximum absolute atomic E-state index is 15.2. The molecular formula is C41H50F3N5O5. The van der Waals surface area contributed by atoms with Gasteiger partial charge in [-0.1, -0.05) is 77.1 Å². The number of fused-ring (bicyclic) bond motifs is 5. The number of ether oxygens (including phenoxy) is 1. The molecule has 0 spiro atoms. The van der Waals surface area contributed by atoms with E-state index in [1.54, 1.807) is 17.0 Å². The molecule has 3 heterocycles. The minimum Gasteiger partial charge on any atom is -0.381 e. The molecule has 3 aromatic rings. The molecule has 2 fully saturated rings. The van der Waals surface area contributed by atoms with Crippen LogP contribution in [0.3, 0.4) is 0 Å². The Labute approximate surface area is 313 Å². The van der Waals surface area contributed by atoms with Gasteiger partial charge in [0.25, 0.3) is 11.8 Å². The molecule has 290 valence electrons. The first-order valence-corrected chi connectivity index (χ1v) is 19.0. The van der Waals surface area contributed by atoms with Crippen LogP contribution in [0.4, 0.5) is 13.2 Å². The topological polar surface area (TPSA) is 133 Å². The highest BCUT2D eigenvalue weighted by atomic mass is 19.3. The van der Waals surface area contributed by atoms with Gasteiger partial charge in [0.15, 0.2) is 0 Å². The number of aromatic amines is 1. The van der Waals surface area contributed by atoms with E-state index in [1.165, 1.54) is 30.3 Å². The maximum atomic E-state index is 15.2. The van der Waals surface area contributed by atoms with E-state index >= 15 is 8.78 Å². The molecule has 2 saturated heterocycles. The van der Waals surface area contributed by atoms with Crippen LogP contribution in [0, 0.1) is 23.6 Å². The largest absolute Gasteiger partial charge is 0.381 e. The number of benzene rings is 2. The third kappa shape index (κ3) is 7.02. The lowest BCUT2D eigenvalue weighted by atomic mass is 9.66. The number of likely N-dealkylation sites (tertiary alicyclic amines) is 1. The Balaban J connectivity index is 1.40. The van der Waals surface area contributed by atoms with E-state index in [0.717, 1.165) is 0 Å². The quantitative estimate of drug-likeness (QED) is 0.119. The number of hydrogen-bond donors (Lipinski definition) is 4. The standard InChI is InChI=1S/C41H50F3N5O5/c1-6-23(4)33(46-31(50)22-26-12-9-10-15-29(26)42)38(52)48-40-19-16-30-32(27-13-11-14-28(34(27)45-30)41(43,44)8-3)35(40)49(39(40)53)36(24(5)7-2)47-37(51)25-17-20-54-21-18-25/h8-15,23-25,33,35-36,45H,3,6-7,16-22H2,1-2,4-5H3,(H,46,50)(H,47,51)(H,48,52)/t23?,24?,33-,35?,36-,40+/m0/s1. The number of aryl methyl sites for hydroxylation is 1. The number of amides is 4. The van der Waals surface area contributed by atoms with Crippen LogP contribution in [0.1, 0.15) is 88.2 Å². The summed E-state index contributed by atoms with van der Waals surface area (Å²) in [6.07, 6.45) is 2.14. The summed E-state index contributed by atoms with van der Waals surface area (Å²) in [6.45, 7) is 11.8. The highest BCUT2D eigenvalue weighted by Crippen LogP contribution is 2.55. The monoisotopic (exact) mass is 749 g/mol. The van der Waals surface area contributed by atoms with Crippen molar-refractivity contribution in [3.63, 3.8) is 0 Å². The third-order valence-electron chi connectivity index (χ3n) is 11.8. The van der Waals surface area contributed by atoms with Crippen LogP contribution < -0.4 is 16.0 Å². The van der Waals surface area contributed by atoms with E-state index in [2.05, 4.69) is 27.5 Å². The van der Waals surface area contributed by atoms with Crippen molar-refractivity contribution >= 4 is 34.5 Å². The molecule has 13 heteroatoms. The second kappa shape index (κ2) is 15.6. The molecule has 0 radical (unpaired) electrons. The average molecular weight is 750 g/mol. The number of alkyl halides is 2. The van der Waals surface area contributed by atoms with Crippen molar-refractivity contribution in [2.75, 3.05) is 13.2 Å². The van der Waals surface area contributed by atoms with Crippen molar-refractivity contribution in [3.05, 3.63) is 83.3 Å². The summed E-state index contributed by atoms with van der Waals surface area (Å²) >= 11 is 0. The number of hydrogen-bond acceptors (Lipinski definition) is 5. The molecule has 3 unspecified atom stereocenters. The average Bonchev–Trinajstić information content (AvgIpc) is 3.55. The zero-order valence-electron chi connectivity index (χ0n) is 31.3. The van der Waals surface area contributed by atoms with Gasteiger partial charge in [-0.3, -0.25) is 19.2 Å². The lowest BCUT2D eigenvalue weighted by molar-refractivity contribution is -0.179. The van der Waals surface area contributed by atoms with Crippen molar-refractivity contribution in [1.29, 1.82) is 0 Å². The number of carbonyl (C=O) groups excluding carboxylic acids is 4. The molecular weight excluding hydrogens is 699 g/mol. The normalized spacial score (nSPS) is 22.2. The van der Waals surface area contributed by atoms with E-state index in [0.29, 0.717) is 61.6 Å². The predicted octanol–water partition coefficient (Wildman–Crippen LogP) is 5.96. The number of rotatable bonds is 14. The number of halogens is 3.